The number of rotatable bonds is 8. The summed E-state index contributed by atoms with van der Waals surface area (Å²) in [5.41, 5.74) is 2.59. The van der Waals surface area contributed by atoms with Gasteiger partial charge in [0.05, 0.1) is 10.6 Å². The molecule has 0 heterocycles. The molecule has 0 unspecified atom stereocenters. The number of hydrogen-bond acceptors (Lipinski definition) is 3. The number of aryl methyl sites for hydroxylation is 1. The van der Waals surface area contributed by atoms with Crippen LogP contribution in [0.25, 0.3) is 0 Å². The van der Waals surface area contributed by atoms with Gasteiger partial charge in [0.1, 0.15) is 6.54 Å². The Morgan fingerprint density at radius 3 is 1.93 bits per heavy atom. The van der Waals surface area contributed by atoms with Crippen LogP contribution in [0.15, 0.2) is 53.4 Å². The molecule has 0 spiro atoms. The number of anilines is 1. The van der Waals surface area contributed by atoms with E-state index in [2.05, 4.69) is 13.8 Å². The Morgan fingerprint density at radius 1 is 0.929 bits per heavy atom. The van der Waals surface area contributed by atoms with E-state index in [0.717, 1.165) is 11.1 Å². The van der Waals surface area contributed by atoms with Crippen LogP contribution >= 0.6 is 0 Å². The van der Waals surface area contributed by atoms with E-state index in [1.807, 2.05) is 32.9 Å². The zero-order valence-corrected chi connectivity index (χ0v) is 18.2. The summed E-state index contributed by atoms with van der Waals surface area (Å²) in [6.45, 7) is 10.7. The predicted octanol–water partition coefficient (Wildman–Crippen LogP) is 4.18. The molecule has 5 nitrogen and oxygen atoms in total. The van der Waals surface area contributed by atoms with Crippen molar-refractivity contribution >= 4 is 21.6 Å². The largest absolute Gasteiger partial charge is 0.342 e. The lowest BCUT2D eigenvalue weighted by molar-refractivity contribution is -0.129. The maximum absolute atomic E-state index is 13.4. The molecule has 6 heteroatoms. The standard InChI is InChI=1S/C22H30N2O3S/c1-6-23(7-2)22(25)16-24(20-12-10-19(11-13-20)17(3)4)28(26,27)21-14-8-18(5)9-15-21/h8-15,17H,6-7,16H2,1-5H3. The number of nitrogens with zero attached hydrogens (tertiary/aromatic N) is 2. The lowest BCUT2D eigenvalue weighted by atomic mass is 10.0. The fourth-order valence-corrected chi connectivity index (χ4v) is 4.39. The zero-order chi connectivity index (χ0) is 20.9. The third-order valence-corrected chi connectivity index (χ3v) is 6.64. The van der Waals surface area contributed by atoms with Crippen LogP contribution < -0.4 is 4.31 Å². The monoisotopic (exact) mass is 402 g/mol. The molecule has 28 heavy (non-hydrogen) atoms. The van der Waals surface area contributed by atoms with Gasteiger partial charge in [0.15, 0.2) is 0 Å². The molecule has 2 aromatic carbocycles. The smallest absolute Gasteiger partial charge is 0.264 e. The first-order valence-electron chi connectivity index (χ1n) is 9.67. The normalized spacial score (nSPS) is 11.5. The molecule has 152 valence electrons. The second-order valence-corrected chi connectivity index (χ2v) is 9.00. The summed E-state index contributed by atoms with van der Waals surface area (Å²) < 4.78 is 27.9. The fraction of sp³-hybridized carbons (Fsp3) is 0.409. The van der Waals surface area contributed by atoms with Gasteiger partial charge in [-0.15, -0.1) is 0 Å². The van der Waals surface area contributed by atoms with Crippen molar-refractivity contribution in [2.45, 2.75) is 45.4 Å². The van der Waals surface area contributed by atoms with E-state index >= 15 is 0 Å². The van der Waals surface area contributed by atoms with Gasteiger partial charge in [-0.3, -0.25) is 9.10 Å². The minimum Gasteiger partial charge on any atom is -0.342 e. The average Bonchev–Trinajstić information content (AvgIpc) is 2.67. The molecular formula is C22H30N2O3S. The average molecular weight is 403 g/mol. The highest BCUT2D eigenvalue weighted by Gasteiger charge is 2.28. The van der Waals surface area contributed by atoms with Crippen molar-refractivity contribution in [3.63, 3.8) is 0 Å². The highest BCUT2D eigenvalue weighted by molar-refractivity contribution is 7.92. The number of amides is 1. The number of carbonyl (C=O) groups excluding carboxylic acids is 1. The molecule has 1 amide bonds. The van der Waals surface area contributed by atoms with Crippen molar-refractivity contribution in [1.82, 2.24) is 4.90 Å². The zero-order valence-electron chi connectivity index (χ0n) is 17.3. The van der Waals surface area contributed by atoms with E-state index in [4.69, 9.17) is 0 Å². The molecule has 0 fully saturated rings. The molecule has 0 bridgehead atoms. The maximum Gasteiger partial charge on any atom is 0.264 e. The van der Waals surface area contributed by atoms with E-state index in [9.17, 15) is 13.2 Å². The van der Waals surface area contributed by atoms with Crippen LogP contribution in [0.5, 0.6) is 0 Å². The molecule has 0 N–H and O–H groups in total. The van der Waals surface area contributed by atoms with Gasteiger partial charge in [-0.25, -0.2) is 8.42 Å². The second-order valence-electron chi connectivity index (χ2n) is 7.14. The van der Waals surface area contributed by atoms with Crippen LogP contribution in [0.2, 0.25) is 0 Å². The molecule has 0 radical (unpaired) electrons. The first-order chi connectivity index (χ1) is 13.2. The third-order valence-electron chi connectivity index (χ3n) is 4.85. The molecule has 0 aliphatic rings. The number of benzene rings is 2. The highest BCUT2D eigenvalue weighted by atomic mass is 32.2. The topological polar surface area (TPSA) is 57.7 Å². The van der Waals surface area contributed by atoms with Gasteiger partial charge in [0.2, 0.25) is 5.91 Å². The van der Waals surface area contributed by atoms with Crippen molar-refractivity contribution in [1.29, 1.82) is 0 Å². The second kappa shape index (κ2) is 9.24. The van der Waals surface area contributed by atoms with Gasteiger partial charge in [-0.1, -0.05) is 43.7 Å². The van der Waals surface area contributed by atoms with Crippen molar-refractivity contribution < 1.29 is 13.2 Å². The number of hydrogen-bond donors (Lipinski definition) is 0. The molecule has 0 saturated heterocycles. The predicted molar refractivity (Wildman–Crippen MR) is 114 cm³/mol. The maximum atomic E-state index is 13.4. The SMILES string of the molecule is CCN(CC)C(=O)CN(c1ccc(C(C)C)cc1)S(=O)(=O)c1ccc(C)cc1. The molecule has 0 atom stereocenters. The van der Waals surface area contributed by atoms with Crippen molar-refractivity contribution in [2.24, 2.45) is 0 Å². The molecule has 0 aliphatic heterocycles. The van der Waals surface area contributed by atoms with E-state index in [-0.39, 0.29) is 17.3 Å². The van der Waals surface area contributed by atoms with E-state index in [1.54, 1.807) is 41.3 Å². The Morgan fingerprint density at radius 2 is 1.46 bits per heavy atom. The number of likely N-dealkylation sites (N-methyl/N-ethyl adjacent to an activating group) is 1. The van der Waals surface area contributed by atoms with Crippen LogP contribution in [0.4, 0.5) is 5.69 Å². The highest BCUT2D eigenvalue weighted by Crippen LogP contribution is 2.26. The lowest BCUT2D eigenvalue weighted by Gasteiger charge is -2.27. The van der Waals surface area contributed by atoms with Crippen molar-refractivity contribution in [3.05, 3.63) is 59.7 Å². The first kappa shape index (κ1) is 22.0. The third kappa shape index (κ3) is 4.93. The summed E-state index contributed by atoms with van der Waals surface area (Å²) in [6.07, 6.45) is 0. The molecule has 2 aromatic rings. The number of carbonyl (C=O) groups is 1. The van der Waals surface area contributed by atoms with E-state index in [0.29, 0.717) is 24.7 Å². The minimum atomic E-state index is -3.86. The summed E-state index contributed by atoms with van der Waals surface area (Å²) in [7, 11) is -3.86. The van der Waals surface area contributed by atoms with Gasteiger partial charge in [-0.05, 0) is 56.5 Å². The fourth-order valence-electron chi connectivity index (χ4n) is 2.98. The van der Waals surface area contributed by atoms with Crippen molar-refractivity contribution in [3.8, 4) is 0 Å². The Balaban J connectivity index is 2.48. The Bertz CT molecular complexity index is 884. The van der Waals surface area contributed by atoms with Gasteiger partial charge in [0, 0.05) is 13.1 Å². The van der Waals surface area contributed by atoms with E-state index < -0.39 is 10.0 Å². The molecule has 0 aromatic heterocycles. The summed E-state index contributed by atoms with van der Waals surface area (Å²) >= 11 is 0. The van der Waals surface area contributed by atoms with Gasteiger partial charge >= 0.3 is 0 Å². The summed E-state index contributed by atoms with van der Waals surface area (Å²) in [5, 5.41) is 0. The summed E-state index contributed by atoms with van der Waals surface area (Å²) in [4.78, 5) is 14.5. The van der Waals surface area contributed by atoms with Gasteiger partial charge < -0.3 is 4.90 Å². The molecular weight excluding hydrogens is 372 g/mol. The van der Waals surface area contributed by atoms with Crippen LogP contribution in [0, 0.1) is 6.92 Å². The number of sulfonamides is 1. The van der Waals surface area contributed by atoms with Gasteiger partial charge in [0.25, 0.3) is 10.0 Å². The van der Waals surface area contributed by atoms with E-state index in [1.165, 1.54) is 4.31 Å². The lowest BCUT2D eigenvalue weighted by Crippen LogP contribution is -2.43. The quantitative estimate of drug-likeness (QED) is 0.665. The summed E-state index contributed by atoms with van der Waals surface area (Å²) in [5.74, 6) is 0.127. The van der Waals surface area contributed by atoms with Crippen molar-refractivity contribution in [2.75, 3.05) is 23.9 Å². The van der Waals surface area contributed by atoms with Crippen LogP contribution in [-0.2, 0) is 14.8 Å². The minimum absolute atomic E-state index is 0.179. The first-order valence-corrected chi connectivity index (χ1v) is 11.1. The van der Waals surface area contributed by atoms with Gasteiger partial charge in [-0.2, -0.15) is 0 Å². The Hall–Kier alpha value is -2.34. The summed E-state index contributed by atoms with van der Waals surface area (Å²) in [6, 6.07) is 14.1. The molecule has 0 saturated carbocycles. The Labute approximate surface area is 169 Å². The molecule has 0 aliphatic carbocycles. The van der Waals surface area contributed by atoms with Crippen LogP contribution in [0.3, 0.4) is 0 Å². The van der Waals surface area contributed by atoms with Crippen LogP contribution in [-0.4, -0.2) is 38.9 Å². The Kier molecular flexibility index (Phi) is 7.24. The van der Waals surface area contributed by atoms with Crippen LogP contribution in [0.1, 0.15) is 44.7 Å². The molecule has 2 rings (SSSR count).